The number of benzene rings is 1. The highest BCUT2D eigenvalue weighted by Crippen LogP contribution is 2.19. The molecule has 0 atom stereocenters. The Balaban J connectivity index is 1.59. The van der Waals surface area contributed by atoms with Gasteiger partial charge in [0.2, 0.25) is 0 Å². The molecule has 2 N–H and O–H groups in total. The zero-order chi connectivity index (χ0) is 17.6. The molecular formula is C20H28N4O. The van der Waals surface area contributed by atoms with Crippen LogP contribution in [0.5, 0.6) is 0 Å². The molecule has 1 aliphatic rings. The number of nitrogens with one attached hydrogen (secondary N) is 2. The van der Waals surface area contributed by atoms with E-state index in [1.807, 2.05) is 19.1 Å². The Labute approximate surface area is 149 Å². The summed E-state index contributed by atoms with van der Waals surface area (Å²) in [5, 5.41) is 9.96. The van der Waals surface area contributed by atoms with Crippen LogP contribution >= 0.6 is 0 Å². The number of hydrogen-bond donors (Lipinski definition) is 2. The Morgan fingerprint density at radius 1 is 1.28 bits per heavy atom. The fraction of sp³-hybridized carbons (Fsp3) is 0.500. The van der Waals surface area contributed by atoms with E-state index in [2.05, 4.69) is 45.5 Å². The summed E-state index contributed by atoms with van der Waals surface area (Å²) in [4.78, 5) is 14.8. The van der Waals surface area contributed by atoms with Gasteiger partial charge in [-0.05, 0) is 55.5 Å². The Bertz CT molecular complexity index is 701. The third kappa shape index (κ3) is 4.69. The number of amides is 1. The van der Waals surface area contributed by atoms with E-state index in [1.165, 1.54) is 24.0 Å². The predicted octanol–water partition coefficient (Wildman–Crippen LogP) is 3.13. The Morgan fingerprint density at radius 2 is 2.00 bits per heavy atom. The average molecular weight is 340 g/mol. The maximum atomic E-state index is 12.3. The first kappa shape index (κ1) is 17.7. The van der Waals surface area contributed by atoms with Crippen molar-refractivity contribution in [1.29, 1.82) is 0 Å². The molecule has 1 saturated heterocycles. The highest BCUT2D eigenvalue weighted by molar-refractivity contribution is 5.92. The molecule has 0 unspecified atom stereocenters. The molecule has 5 heteroatoms. The van der Waals surface area contributed by atoms with Gasteiger partial charge in [-0.1, -0.05) is 38.1 Å². The first-order chi connectivity index (χ1) is 12.2. The van der Waals surface area contributed by atoms with Crippen LogP contribution in [0.1, 0.15) is 54.0 Å². The number of piperidine rings is 1. The second-order valence-electron chi connectivity index (χ2n) is 7.04. The molecule has 1 aromatic heterocycles. The quantitative estimate of drug-likeness (QED) is 0.849. The summed E-state index contributed by atoms with van der Waals surface area (Å²) in [6.07, 6.45) is 3.40. The number of carbonyl (C=O) groups is 1. The summed E-state index contributed by atoms with van der Waals surface area (Å²) in [6, 6.07) is 10.2. The van der Waals surface area contributed by atoms with E-state index < -0.39 is 0 Å². The van der Waals surface area contributed by atoms with Gasteiger partial charge in [-0.3, -0.25) is 14.8 Å². The Morgan fingerprint density at radius 3 is 2.68 bits per heavy atom. The molecule has 0 saturated carbocycles. The van der Waals surface area contributed by atoms with Crippen molar-refractivity contribution in [3.05, 3.63) is 52.8 Å². The van der Waals surface area contributed by atoms with Crippen molar-refractivity contribution >= 4 is 5.91 Å². The monoisotopic (exact) mass is 340 g/mol. The lowest BCUT2D eigenvalue weighted by Crippen LogP contribution is -2.33. The van der Waals surface area contributed by atoms with E-state index in [4.69, 9.17) is 0 Å². The summed E-state index contributed by atoms with van der Waals surface area (Å²) >= 11 is 0. The van der Waals surface area contributed by atoms with Crippen LogP contribution in [0.4, 0.5) is 0 Å². The number of rotatable bonds is 6. The van der Waals surface area contributed by atoms with E-state index in [0.717, 1.165) is 37.7 Å². The van der Waals surface area contributed by atoms with Crippen molar-refractivity contribution in [3.63, 3.8) is 0 Å². The zero-order valence-electron chi connectivity index (χ0n) is 15.2. The van der Waals surface area contributed by atoms with E-state index >= 15 is 0 Å². The van der Waals surface area contributed by atoms with Gasteiger partial charge < -0.3 is 5.32 Å². The van der Waals surface area contributed by atoms with Crippen LogP contribution < -0.4 is 5.32 Å². The lowest BCUT2D eigenvalue weighted by atomic mass is 9.98. The summed E-state index contributed by atoms with van der Waals surface area (Å²) in [7, 11) is 0. The number of aromatic amines is 1. The van der Waals surface area contributed by atoms with Gasteiger partial charge in [-0.25, -0.2) is 0 Å². The number of aromatic nitrogens is 2. The van der Waals surface area contributed by atoms with Gasteiger partial charge >= 0.3 is 0 Å². The average Bonchev–Trinajstić information content (AvgIpc) is 3.12. The summed E-state index contributed by atoms with van der Waals surface area (Å²) in [5.41, 5.74) is 3.92. The third-order valence-corrected chi connectivity index (χ3v) is 5.07. The largest absolute Gasteiger partial charge is 0.347 e. The van der Waals surface area contributed by atoms with Crippen molar-refractivity contribution < 1.29 is 4.79 Å². The van der Waals surface area contributed by atoms with Gasteiger partial charge in [0.15, 0.2) is 0 Å². The first-order valence-corrected chi connectivity index (χ1v) is 9.27. The number of hydrogen-bond acceptors (Lipinski definition) is 3. The summed E-state index contributed by atoms with van der Waals surface area (Å²) < 4.78 is 0. The van der Waals surface area contributed by atoms with Crippen LogP contribution in [0.2, 0.25) is 0 Å². The molecule has 2 heterocycles. The Hall–Kier alpha value is -2.14. The van der Waals surface area contributed by atoms with Gasteiger partial charge in [-0.2, -0.15) is 5.10 Å². The molecular weight excluding hydrogens is 312 g/mol. The molecule has 134 valence electrons. The molecule has 1 amide bonds. The molecule has 5 nitrogen and oxygen atoms in total. The van der Waals surface area contributed by atoms with Gasteiger partial charge in [0.1, 0.15) is 5.69 Å². The third-order valence-electron chi connectivity index (χ3n) is 5.07. The van der Waals surface area contributed by atoms with Crippen LogP contribution in [0.3, 0.4) is 0 Å². The number of carbonyl (C=O) groups excluding carboxylic acids is 1. The molecule has 2 aromatic rings. The maximum absolute atomic E-state index is 12.3. The second kappa shape index (κ2) is 8.30. The minimum Gasteiger partial charge on any atom is -0.347 e. The van der Waals surface area contributed by atoms with E-state index in [9.17, 15) is 4.79 Å². The molecule has 0 radical (unpaired) electrons. The summed E-state index contributed by atoms with van der Waals surface area (Å²) in [6.45, 7) is 8.19. The van der Waals surface area contributed by atoms with E-state index in [1.54, 1.807) is 0 Å². The lowest BCUT2D eigenvalue weighted by Gasteiger charge is -2.30. The van der Waals surface area contributed by atoms with Crippen molar-refractivity contribution in [3.8, 4) is 0 Å². The number of H-pyrrole nitrogens is 1. The zero-order valence-corrected chi connectivity index (χ0v) is 15.2. The molecule has 0 aliphatic carbocycles. The molecule has 3 rings (SSSR count). The molecule has 1 aromatic carbocycles. The smallest absolute Gasteiger partial charge is 0.272 e. The first-order valence-electron chi connectivity index (χ1n) is 9.27. The predicted molar refractivity (Wildman–Crippen MR) is 99.3 cm³/mol. The van der Waals surface area contributed by atoms with Crippen molar-refractivity contribution in [2.24, 2.45) is 5.92 Å². The van der Waals surface area contributed by atoms with Crippen molar-refractivity contribution in [1.82, 2.24) is 20.4 Å². The van der Waals surface area contributed by atoms with Crippen LogP contribution in [-0.2, 0) is 19.5 Å². The minimum absolute atomic E-state index is 0.127. The standard InChI is InChI=1S/C20H28N4O/c1-3-18-12-19(23-22-18)20(25)21-13-16-6-4-5-7-17(16)14-24-10-8-15(2)9-11-24/h4-7,12,15H,3,8-11,13-14H2,1-2H3,(H,21,25)(H,22,23). The second-order valence-corrected chi connectivity index (χ2v) is 7.04. The van der Waals surface area contributed by atoms with Gasteiger partial charge in [-0.15, -0.1) is 0 Å². The Kier molecular flexibility index (Phi) is 5.87. The molecule has 1 fully saturated rings. The maximum Gasteiger partial charge on any atom is 0.272 e. The number of likely N-dealkylation sites (tertiary alicyclic amines) is 1. The molecule has 0 bridgehead atoms. The van der Waals surface area contributed by atoms with Gasteiger partial charge in [0, 0.05) is 18.8 Å². The molecule has 1 aliphatic heterocycles. The lowest BCUT2D eigenvalue weighted by molar-refractivity contribution is 0.0945. The van der Waals surface area contributed by atoms with Gasteiger partial charge in [0.25, 0.3) is 5.91 Å². The molecule has 25 heavy (non-hydrogen) atoms. The van der Waals surface area contributed by atoms with Crippen LogP contribution in [0.15, 0.2) is 30.3 Å². The topological polar surface area (TPSA) is 61.0 Å². The normalized spacial score (nSPS) is 16.1. The fourth-order valence-electron chi connectivity index (χ4n) is 3.27. The van der Waals surface area contributed by atoms with Crippen LogP contribution in [0.25, 0.3) is 0 Å². The minimum atomic E-state index is -0.127. The SMILES string of the molecule is CCc1cc(C(=O)NCc2ccccc2CN2CCC(C)CC2)n[nH]1. The molecule has 0 spiro atoms. The number of aryl methyl sites for hydroxylation is 1. The van der Waals surface area contributed by atoms with E-state index in [0.29, 0.717) is 12.2 Å². The number of nitrogens with zero attached hydrogens (tertiary/aromatic N) is 2. The van der Waals surface area contributed by atoms with Crippen molar-refractivity contribution in [2.45, 2.75) is 46.2 Å². The highest BCUT2D eigenvalue weighted by atomic mass is 16.1. The van der Waals surface area contributed by atoms with Gasteiger partial charge in [0.05, 0.1) is 0 Å². The van der Waals surface area contributed by atoms with Crippen LogP contribution in [-0.4, -0.2) is 34.1 Å². The highest BCUT2D eigenvalue weighted by Gasteiger charge is 2.17. The van der Waals surface area contributed by atoms with Crippen LogP contribution in [0, 0.1) is 5.92 Å². The summed E-state index contributed by atoms with van der Waals surface area (Å²) in [5.74, 6) is 0.713. The van der Waals surface area contributed by atoms with E-state index in [-0.39, 0.29) is 5.91 Å². The van der Waals surface area contributed by atoms with Crippen molar-refractivity contribution in [2.75, 3.05) is 13.1 Å². The fourth-order valence-corrected chi connectivity index (χ4v) is 3.27.